The zero-order valence-corrected chi connectivity index (χ0v) is 30.9. The first-order valence-corrected chi connectivity index (χ1v) is 19.8. The SMILES string of the molecule is C1=C(c2ccc(-c3cccc4c3ccc3cc5ccccc5cc34)cc2)NC(c2ccccc2)NC1c1ccc(-c2cccc3c2sc2ccccc23)cc1. The van der Waals surface area contributed by atoms with Gasteiger partial charge in [0, 0.05) is 25.9 Å². The summed E-state index contributed by atoms with van der Waals surface area (Å²) < 4.78 is 2.68. The summed E-state index contributed by atoms with van der Waals surface area (Å²) in [5.74, 6) is 0. The Morgan fingerprint density at radius 3 is 1.89 bits per heavy atom. The van der Waals surface area contributed by atoms with Gasteiger partial charge in [-0.15, -0.1) is 11.3 Å². The van der Waals surface area contributed by atoms with Crippen LogP contribution in [0.25, 0.3) is 80.4 Å². The van der Waals surface area contributed by atoms with Crippen molar-refractivity contribution in [3.05, 3.63) is 211 Å². The van der Waals surface area contributed by atoms with E-state index in [2.05, 4.69) is 205 Å². The van der Waals surface area contributed by atoms with Crippen molar-refractivity contribution < 1.29 is 0 Å². The highest BCUT2D eigenvalue weighted by atomic mass is 32.1. The third-order valence-electron chi connectivity index (χ3n) is 11.3. The standard InChI is InChI=1S/C52H36N2S/c1-2-10-37(11-3-1)52-53-48(32-49(54-52)36-26-22-34(23-27-36)42-16-9-18-46-45-14-6-7-19-50(45)55-51(42)46)35-24-20-33(21-25-35)41-15-8-17-43-44(41)29-28-40-30-38-12-4-5-13-39(38)31-47(40)43/h1-32,49,52-54H. The maximum Gasteiger partial charge on any atom is 0.104 e. The smallest absolute Gasteiger partial charge is 0.104 e. The fourth-order valence-corrected chi connectivity index (χ4v) is 9.78. The molecule has 0 spiro atoms. The van der Waals surface area contributed by atoms with Crippen molar-refractivity contribution in [2.45, 2.75) is 12.2 Å². The van der Waals surface area contributed by atoms with Crippen LogP contribution in [0.15, 0.2) is 194 Å². The van der Waals surface area contributed by atoms with Crippen LogP contribution in [0.1, 0.15) is 28.9 Å². The Kier molecular flexibility index (Phi) is 7.61. The van der Waals surface area contributed by atoms with Crippen LogP contribution < -0.4 is 10.6 Å². The van der Waals surface area contributed by atoms with Crippen LogP contribution in [-0.4, -0.2) is 0 Å². The number of hydrogen-bond acceptors (Lipinski definition) is 3. The Bertz CT molecular complexity index is 3090. The van der Waals surface area contributed by atoms with Crippen LogP contribution >= 0.6 is 11.3 Å². The van der Waals surface area contributed by atoms with Crippen molar-refractivity contribution in [2.75, 3.05) is 0 Å². The highest BCUT2D eigenvalue weighted by Gasteiger charge is 2.24. The van der Waals surface area contributed by atoms with Crippen molar-refractivity contribution in [3.8, 4) is 22.3 Å². The Morgan fingerprint density at radius 1 is 0.400 bits per heavy atom. The molecule has 11 rings (SSSR count). The minimum absolute atomic E-state index is 0.0257. The summed E-state index contributed by atoms with van der Waals surface area (Å²) in [6.07, 6.45) is 2.30. The minimum atomic E-state index is -0.0414. The lowest BCUT2D eigenvalue weighted by Crippen LogP contribution is -2.39. The van der Waals surface area contributed by atoms with E-state index in [1.165, 1.54) is 91.4 Å². The highest BCUT2D eigenvalue weighted by molar-refractivity contribution is 7.26. The summed E-state index contributed by atoms with van der Waals surface area (Å²) in [6, 6.07) is 68.9. The van der Waals surface area contributed by atoms with Gasteiger partial charge in [0.1, 0.15) is 6.17 Å². The molecule has 2 heterocycles. The molecule has 0 saturated carbocycles. The van der Waals surface area contributed by atoms with Crippen molar-refractivity contribution in [1.82, 2.24) is 10.6 Å². The molecule has 2 nitrogen and oxygen atoms in total. The van der Waals surface area contributed by atoms with E-state index in [4.69, 9.17) is 0 Å². The summed E-state index contributed by atoms with van der Waals surface area (Å²) in [5.41, 5.74) is 9.72. The highest BCUT2D eigenvalue weighted by Crippen LogP contribution is 2.41. The molecule has 0 radical (unpaired) electrons. The van der Waals surface area contributed by atoms with Crippen LogP contribution in [0.2, 0.25) is 0 Å². The lowest BCUT2D eigenvalue weighted by atomic mass is 9.92. The second kappa shape index (κ2) is 13.1. The molecule has 1 aliphatic heterocycles. The number of nitrogens with one attached hydrogen (secondary N) is 2. The van der Waals surface area contributed by atoms with Gasteiger partial charge in [-0.2, -0.15) is 0 Å². The number of fused-ring (bicyclic) bond motifs is 7. The molecule has 1 aromatic heterocycles. The molecule has 10 aromatic rings. The Balaban J connectivity index is 0.941. The minimum Gasteiger partial charge on any atom is -0.366 e. The molecule has 260 valence electrons. The van der Waals surface area contributed by atoms with Gasteiger partial charge < -0.3 is 5.32 Å². The Labute approximate surface area is 324 Å². The predicted molar refractivity (Wildman–Crippen MR) is 235 cm³/mol. The van der Waals surface area contributed by atoms with Crippen molar-refractivity contribution >= 4 is 69.5 Å². The molecule has 1 aliphatic rings. The first-order valence-electron chi connectivity index (χ1n) is 19.0. The lowest BCUT2D eigenvalue weighted by molar-refractivity contribution is 0.443. The molecular formula is C52H36N2S. The van der Waals surface area contributed by atoms with Gasteiger partial charge in [-0.1, -0.05) is 170 Å². The topological polar surface area (TPSA) is 24.1 Å². The number of rotatable bonds is 5. The second-order valence-corrected chi connectivity index (χ2v) is 15.6. The monoisotopic (exact) mass is 720 g/mol. The van der Waals surface area contributed by atoms with Crippen molar-refractivity contribution in [2.24, 2.45) is 0 Å². The van der Waals surface area contributed by atoms with E-state index in [9.17, 15) is 0 Å². The van der Waals surface area contributed by atoms with E-state index < -0.39 is 0 Å². The van der Waals surface area contributed by atoms with Crippen molar-refractivity contribution in [3.63, 3.8) is 0 Å². The largest absolute Gasteiger partial charge is 0.366 e. The molecular weight excluding hydrogens is 685 g/mol. The summed E-state index contributed by atoms with van der Waals surface area (Å²) in [6.45, 7) is 0. The van der Waals surface area contributed by atoms with E-state index in [0.717, 1.165) is 5.70 Å². The average molecular weight is 721 g/mol. The van der Waals surface area contributed by atoms with Crippen LogP contribution in [0.4, 0.5) is 0 Å². The van der Waals surface area contributed by atoms with Crippen LogP contribution in [-0.2, 0) is 0 Å². The average Bonchev–Trinajstić information content (AvgIpc) is 3.65. The lowest BCUT2D eigenvalue weighted by Gasteiger charge is -2.33. The maximum atomic E-state index is 3.89. The van der Waals surface area contributed by atoms with Gasteiger partial charge in [0.05, 0.1) is 6.04 Å². The molecule has 0 fully saturated rings. The third kappa shape index (κ3) is 5.60. The van der Waals surface area contributed by atoms with Gasteiger partial charge in [0.25, 0.3) is 0 Å². The third-order valence-corrected chi connectivity index (χ3v) is 12.6. The Morgan fingerprint density at radius 2 is 1.05 bits per heavy atom. The first-order chi connectivity index (χ1) is 27.2. The van der Waals surface area contributed by atoms with Gasteiger partial charge in [0.15, 0.2) is 0 Å². The molecule has 0 bridgehead atoms. The molecule has 2 unspecified atom stereocenters. The van der Waals surface area contributed by atoms with Crippen LogP contribution in [0.5, 0.6) is 0 Å². The molecule has 2 N–H and O–H groups in total. The van der Waals surface area contributed by atoms with Gasteiger partial charge in [-0.05, 0) is 95.5 Å². The second-order valence-electron chi connectivity index (χ2n) is 14.6. The number of hydrogen-bond donors (Lipinski definition) is 2. The maximum absolute atomic E-state index is 3.89. The van der Waals surface area contributed by atoms with Crippen molar-refractivity contribution in [1.29, 1.82) is 0 Å². The molecule has 0 saturated heterocycles. The summed E-state index contributed by atoms with van der Waals surface area (Å²) >= 11 is 1.88. The molecule has 3 heteroatoms. The molecule has 0 amide bonds. The van der Waals surface area contributed by atoms with E-state index in [-0.39, 0.29) is 12.2 Å². The molecule has 0 aliphatic carbocycles. The Hall–Kier alpha value is -6.52. The van der Waals surface area contributed by atoms with E-state index in [1.807, 2.05) is 11.3 Å². The van der Waals surface area contributed by atoms with Crippen LogP contribution in [0, 0.1) is 0 Å². The fourth-order valence-electron chi connectivity index (χ4n) is 8.54. The van der Waals surface area contributed by atoms with E-state index in [0.29, 0.717) is 0 Å². The predicted octanol–water partition coefficient (Wildman–Crippen LogP) is 13.8. The first kappa shape index (κ1) is 32.0. The number of thiophene rings is 1. The molecule has 2 atom stereocenters. The van der Waals surface area contributed by atoms with Gasteiger partial charge in [0.2, 0.25) is 0 Å². The zero-order valence-electron chi connectivity index (χ0n) is 30.0. The van der Waals surface area contributed by atoms with Gasteiger partial charge in [-0.25, -0.2) is 0 Å². The van der Waals surface area contributed by atoms with E-state index in [1.54, 1.807) is 0 Å². The quantitative estimate of drug-likeness (QED) is 0.137. The zero-order chi connectivity index (χ0) is 36.3. The van der Waals surface area contributed by atoms with Crippen LogP contribution in [0.3, 0.4) is 0 Å². The summed E-state index contributed by atoms with van der Waals surface area (Å²) in [5, 5.41) is 18.0. The van der Waals surface area contributed by atoms with Gasteiger partial charge >= 0.3 is 0 Å². The van der Waals surface area contributed by atoms with E-state index >= 15 is 0 Å². The molecule has 55 heavy (non-hydrogen) atoms. The normalized spacial score (nSPS) is 15.8. The number of benzene rings is 9. The van der Waals surface area contributed by atoms with Gasteiger partial charge in [-0.3, -0.25) is 5.32 Å². The summed E-state index contributed by atoms with van der Waals surface area (Å²) in [4.78, 5) is 0. The molecule has 9 aromatic carbocycles. The fraction of sp³-hybridized carbons (Fsp3) is 0.0385. The summed E-state index contributed by atoms with van der Waals surface area (Å²) in [7, 11) is 0.